The Morgan fingerprint density at radius 1 is 1.09 bits per heavy atom. The van der Waals surface area contributed by atoms with Gasteiger partial charge in [0.15, 0.2) is 0 Å². The van der Waals surface area contributed by atoms with Crippen molar-refractivity contribution in [3.8, 4) is 0 Å². The smallest absolute Gasteiger partial charge is 0.0935 e. The predicted octanol–water partition coefficient (Wildman–Crippen LogP) is 5.81. The number of aromatic nitrogens is 1. The van der Waals surface area contributed by atoms with Gasteiger partial charge < -0.3 is 15.5 Å². The van der Waals surface area contributed by atoms with Gasteiger partial charge in [-0.3, -0.25) is 4.98 Å². The molecule has 4 unspecified atom stereocenters. The van der Waals surface area contributed by atoms with E-state index in [9.17, 15) is 10.2 Å². The molecule has 0 saturated heterocycles. The van der Waals surface area contributed by atoms with Crippen molar-refractivity contribution in [1.29, 1.82) is 0 Å². The van der Waals surface area contributed by atoms with Gasteiger partial charge >= 0.3 is 0 Å². The van der Waals surface area contributed by atoms with Gasteiger partial charge in [0.2, 0.25) is 0 Å². The second-order valence-electron chi connectivity index (χ2n) is 11.4. The molecule has 35 heavy (non-hydrogen) atoms. The fourth-order valence-electron chi connectivity index (χ4n) is 7.52. The molecule has 1 aromatic carbocycles. The van der Waals surface area contributed by atoms with Crippen molar-refractivity contribution in [2.45, 2.75) is 70.5 Å². The zero-order valence-electron chi connectivity index (χ0n) is 21.6. The number of fused-ring (bicyclic) bond motifs is 5. The molecule has 186 valence electrons. The number of aliphatic hydroxyl groups excluding tert-OH is 1. The number of benzene rings is 1. The average molecular weight is 473 g/mol. The van der Waals surface area contributed by atoms with Gasteiger partial charge in [-0.2, -0.15) is 0 Å². The lowest BCUT2D eigenvalue weighted by Crippen LogP contribution is -2.49. The maximum absolute atomic E-state index is 12.3. The molecule has 5 atom stereocenters. The molecule has 4 aliphatic rings. The molecule has 0 spiro atoms. The fraction of sp³-hybridized carbons (Fsp3) is 0.516. The summed E-state index contributed by atoms with van der Waals surface area (Å²) in [6, 6.07) is 8.78. The minimum atomic E-state index is -0.786. The van der Waals surface area contributed by atoms with E-state index in [1.54, 1.807) is 0 Å². The maximum atomic E-state index is 12.3. The van der Waals surface area contributed by atoms with Gasteiger partial charge in [-0.1, -0.05) is 42.4 Å². The normalized spacial score (nSPS) is 34.1. The van der Waals surface area contributed by atoms with Crippen LogP contribution in [0.15, 0.2) is 65.5 Å². The molecule has 2 aromatic rings. The summed E-state index contributed by atoms with van der Waals surface area (Å²) in [6.45, 7) is 4.60. The molecule has 1 saturated carbocycles. The van der Waals surface area contributed by atoms with Crippen molar-refractivity contribution in [3.63, 3.8) is 0 Å². The minimum absolute atomic E-state index is 0.0728. The molecule has 1 heterocycles. The number of aliphatic hydroxyl groups is 2. The highest BCUT2D eigenvalue weighted by Gasteiger charge is 2.57. The topological polar surface area (TPSA) is 65.4 Å². The third-order valence-electron chi connectivity index (χ3n) is 9.08. The number of hydrogen-bond donors (Lipinski definition) is 3. The number of hydrogen-bond acceptors (Lipinski definition) is 4. The first-order valence-electron chi connectivity index (χ1n) is 13.2. The van der Waals surface area contributed by atoms with E-state index in [4.69, 9.17) is 0 Å². The Kier molecular flexibility index (Phi) is 6.50. The molecule has 1 fully saturated rings. The van der Waals surface area contributed by atoms with E-state index in [1.807, 2.05) is 26.5 Å². The summed E-state index contributed by atoms with van der Waals surface area (Å²) in [4.78, 5) is 4.25. The Morgan fingerprint density at radius 2 is 1.89 bits per heavy atom. The summed E-state index contributed by atoms with van der Waals surface area (Å²) in [5.41, 5.74) is 5.65. The molecule has 4 heteroatoms. The van der Waals surface area contributed by atoms with Crippen molar-refractivity contribution >= 4 is 16.3 Å². The van der Waals surface area contributed by atoms with Crippen LogP contribution in [0.2, 0.25) is 0 Å². The van der Waals surface area contributed by atoms with E-state index >= 15 is 0 Å². The fourth-order valence-corrected chi connectivity index (χ4v) is 7.52. The van der Waals surface area contributed by atoms with Crippen LogP contribution in [0.25, 0.3) is 16.3 Å². The van der Waals surface area contributed by atoms with Gasteiger partial charge in [-0.15, -0.1) is 0 Å². The highest BCUT2D eigenvalue weighted by Crippen LogP contribution is 2.63. The van der Waals surface area contributed by atoms with Gasteiger partial charge in [-0.25, -0.2) is 0 Å². The molecule has 4 nitrogen and oxygen atoms in total. The summed E-state index contributed by atoms with van der Waals surface area (Å²) in [5.74, 6) is 0.710. The lowest BCUT2D eigenvalue weighted by Gasteiger charge is -2.50. The first-order chi connectivity index (χ1) is 16.8. The Labute approximate surface area is 209 Å². The van der Waals surface area contributed by atoms with Crippen molar-refractivity contribution < 1.29 is 10.2 Å². The third-order valence-corrected chi connectivity index (χ3v) is 9.08. The number of pyridine rings is 1. The number of allylic oxidation sites excluding steroid dienone is 3. The van der Waals surface area contributed by atoms with Gasteiger partial charge in [0.25, 0.3) is 0 Å². The largest absolute Gasteiger partial charge is 0.393 e. The summed E-state index contributed by atoms with van der Waals surface area (Å²) < 4.78 is 0. The maximum Gasteiger partial charge on any atom is 0.0935 e. The Balaban J connectivity index is 0.000000806. The quantitative estimate of drug-likeness (QED) is 0.490. The highest BCUT2D eigenvalue weighted by molar-refractivity contribution is 5.87. The van der Waals surface area contributed by atoms with Gasteiger partial charge in [0.05, 0.1) is 11.7 Å². The first-order valence-corrected chi connectivity index (χ1v) is 13.2. The molecule has 0 amide bonds. The number of nitrogens with one attached hydrogen (secondary N) is 1. The minimum Gasteiger partial charge on any atom is -0.393 e. The summed E-state index contributed by atoms with van der Waals surface area (Å²) in [7, 11) is 3.75. The van der Waals surface area contributed by atoms with Crippen molar-refractivity contribution in [2.75, 3.05) is 14.1 Å². The van der Waals surface area contributed by atoms with E-state index in [0.717, 1.165) is 55.9 Å². The van der Waals surface area contributed by atoms with Gasteiger partial charge in [0.1, 0.15) is 0 Å². The van der Waals surface area contributed by atoms with E-state index in [1.165, 1.54) is 27.7 Å². The molecule has 0 aliphatic heterocycles. The van der Waals surface area contributed by atoms with Crippen LogP contribution in [-0.4, -0.2) is 41.0 Å². The van der Waals surface area contributed by atoms with Crippen molar-refractivity contribution in [2.24, 2.45) is 17.3 Å². The van der Waals surface area contributed by atoms with Crippen LogP contribution in [0.3, 0.4) is 0 Å². The summed E-state index contributed by atoms with van der Waals surface area (Å²) in [5, 5.41) is 27.7. The Morgan fingerprint density at radius 3 is 2.69 bits per heavy atom. The SMILES string of the molecule is CC1=C2C=C3CC(O)CCC3CC[C@]2(O)C2CC=C(c3ccc4cnccc4c3)C2(C)C1.CNC. The highest BCUT2D eigenvalue weighted by atomic mass is 16.3. The zero-order valence-corrected chi connectivity index (χ0v) is 21.6. The second kappa shape index (κ2) is 9.31. The zero-order chi connectivity index (χ0) is 24.8. The lowest BCUT2D eigenvalue weighted by atomic mass is 9.56. The average Bonchev–Trinajstić information content (AvgIpc) is 3.10. The number of rotatable bonds is 1. The molecular weight excluding hydrogens is 432 g/mol. The van der Waals surface area contributed by atoms with Crippen molar-refractivity contribution in [3.05, 3.63) is 71.1 Å². The summed E-state index contributed by atoms with van der Waals surface area (Å²) >= 11 is 0. The van der Waals surface area contributed by atoms with Gasteiger partial charge in [0, 0.05) is 29.1 Å². The van der Waals surface area contributed by atoms with Crippen LogP contribution in [0.5, 0.6) is 0 Å². The third kappa shape index (κ3) is 4.10. The molecule has 3 N–H and O–H groups in total. The van der Waals surface area contributed by atoms with E-state index in [-0.39, 0.29) is 17.4 Å². The van der Waals surface area contributed by atoms with Crippen LogP contribution in [0, 0.1) is 17.3 Å². The summed E-state index contributed by atoms with van der Waals surface area (Å²) in [6.07, 6.45) is 14.7. The molecule has 4 aliphatic carbocycles. The molecule has 6 rings (SSSR count). The van der Waals surface area contributed by atoms with Crippen LogP contribution in [0.4, 0.5) is 0 Å². The van der Waals surface area contributed by atoms with Crippen LogP contribution >= 0.6 is 0 Å². The molecular formula is C31H40N2O2. The molecule has 0 radical (unpaired) electrons. The van der Waals surface area contributed by atoms with E-state index in [2.05, 4.69) is 60.6 Å². The second-order valence-corrected chi connectivity index (χ2v) is 11.4. The Bertz CT molecular complexity index is 1210. The van der Waals surface area contributed by atoms with Gasteiger partial charge in [-0.05, 0) is 106 Å². The lowest BCUT2D eigenvalue weighted by molar-refractivity contribution is -0.0354. The molecule has 1 aromatic heterocycles. The Hall–Kier alpha value is -2.27. The number of nitrogens with zero attached hydrogens (tertiary/aromatic N) is 1. The van der Waals surface area contributed by atoms with E-state index in [0.29, 0.717) is 5.92 Å². The predicted molar refractivity (Wildman–Crippen MR) is 144 cm³/mol. The standard InChI is InChI=1S/C29H33NO2.C2H7N/c1-18-16-28(2)25(21-3-4-22-17-30-12-10-20(22)13-21)7-8-27(28)29(32)11-9-19-5-6-24(31)14-23(19)15-26(18)29;1-3-2/h3-4,7,10,12-13,15,17,19,24,27,31-32H,5-6,8-9,11,14,16H2,1-2H3;3H,1-2H3/t19?,24?,27?,28?,29-;/m1./s1. The van der Waals surface area contributed by atoms with Crippen LogP contribution in [-0.2, 0) is 0 Å². The molecule has 0 bridgehead atoms. The van der Waals surface area contributed by atoms with Crippen LogP contribution < -0.4 is 5.32 Å². The van der Waals surface area contributed by atoms with E-state index < -0.39 is 5.60 Å². The monoisotopic (exact) mass is 472 g/mol. The van der Waals surface area contributed by atoms with Crippen molar-refractivity contribution in [1.82, 2.24) is 10.3 Å². The first kappa shape index (κ1) is 24.4. The van der Waals surface area contributed by atoms with Crippen LogP contribution in [0.1, 0.15) is 64.4 Å².